The Kier molecular flexibility index (Phi) is 6.69. The average Bonchev–Trinajstić information content (AvgIpc) is 3.10. The first-order chi connectivity index (χ1) is 13.5. The van der Waals surface area contributed by atoms with E-state index in [9.17, 15) is 0 Å². The zero-order valence-corrected chi connectivity index (χ0v) is 17.3. The summed E-state index contributed by atoms with van der Waals surface area (Å²) in [5.41, 5.74) is 12.6. The second kappa shape index (κ2) is 9.20. The number of nitrogen functional groups attached to an aromatic ring is 2. The van der Waals surface area contributed by atoms with Crippen LogP contribution in [0.5, 0.6) is 5.75 Å². The highest BCUT2D eigenvalue weighted by Gasteiger charge is 2.23. The summed E-state index contributed by atoms with van der Waals surface area (Å²) in [5.74, 6) is 1.01. The van der Waals surface area contributed by atoms with Crippen molar-refractivity contribution in [3.63, 3.8) is 0 Å². The van der Waals surface area contributed by atoms with Gasteiger partial charge in [0.15, 0.2) is 17.2 Å². The molecule has 9 nitrogen and oxygen atoms in total. The highest BCUT2D eigenvalue weighted by molar-refractivity contribution is 8.00. The van der Waals surface area contributed by atoms with Crippen LogP contribution in [0.1, 0.15) is 26.5 Å². The summed E-state index contributed by atoms with van der Waals surface area (Å²) in [7, 11) is -1.47. The topological polar surface area (TPSA) is 123 Å². The molecule has 4 N–H and O–H groups in total. The SMILES string of the molecule is CC[C@@H](CO[P+](=S)Oc1ccccc1)O[C@H](C)n1cnc2c(N)nc(N)nc21. The van der Waals surface area contributed by atoms with E-state index in [0.29, 0.717) is 23.5 Å². The lowest BCUT2D eigenvalue weighted by Gasteiger charge is -2.21. The highest BCUT2D eigenvalue weighted by atomic mass is 32.4. The standard InChI is InChI=1S/C17H22N6O3PS/c1-3-12(9-24-27(28)26-13-7-5-4-6-8-13)25-11(2)23-10-20-14-15(18)21-17(19)22-16(14)23/h4-8,10-12H,3,9H2,1-2H3,(H4,18,19,21,22)/q+1/t11-,12+/m1/s1. The molecule has 0 aliphatic heterocycles. The van der Waals surface area contributed by atoms with E-state index in [2.05, 4.69) is 15.0 Å². The molecule has 0 saturated heterocycles. The van der Waals surface area contributed by atoms with E-state index in [1.807, 2.05) is 44.2 Å². The first-order valence-electron chi connectivity index (χ1n) is 8.72. The molecular formula is C17H22N6O3PS+. The highest BCUT2D eigenvalue weighted by Crippen LogP contribution is 2.29. The van der Waals surface area contributed by atoms with Crippen molar-refractivity contribution < 1.29 is 13.8 Å². The summed E-state index contributed by atoms with van der Waals surface area (Å²) < 4.78 is 19.1. The number of nitrogens with zero attached hydrogens (tertiary/aromatic N) is 4. The van der Waals surface area contributed by atoms with E-state index >= 15 is 0 Å². The third kappa shape index (κ3) is 4.90. The minimum atomic E-state index is -1.47. The molecular weight excluding hydrogens is 399 g/mol. The Hall–Kier alpha value is -2.39. The Morgan fingerprint density at radius 1 is 1.21 bits per heavy atom. The third-order valence-electron chi connectivity index (χ3n) is 3.99. The first-order valence-corrected chi connectivity index (χ1v) is 10.9. The van der Waals surface area contributed by atoms with Crippen molar-refractivity contribution in [2.24, 2.45) is 0 Å². The van der Waals surface area contributed by atoms with Crippen molar-refractivity contribution >= 4 is 41.9 Å². The fourth-order valence-corrected chi connectivity index (χ4v) is 3.63. The van der Waals surface area contributed by atoms with Crippen molar-refractivity contribution in [2.45, 2.75) is 32.6 Å². The van der Waals surface area contributed by atoms with Crippen molar-refractivity contribution in [1.29, 1.82) is 0 Å². The van der Waals surface area contributed by atoms with Gasteiger partial charge in [0, 0.05) is 0 Å². The van der Waals surface area contributed by atoms with E-state index in [1.54, 1.807) is 10.9 Å². The molecule has 148 valence electrons. The Morgan fingerprint density at radius 3 is 2.68 bits per heavy atom. The van der Waals surface area contributed by atoms with E-state index in [1.165, 1.54) is 0 Å². The zero-order valence-electron chi connectivity index (χ0n) is 15.6. The predicted molar refractivity (Wildman–Crippen MR) is 111 cm³/mol. The number of rotatable bonds is 9. The first kappa shape index (κ1) is 20.3. The number of para-hydroxylation sites is 1. The number of benzene rings is 1. The maximum atomic E-state index is 6.10. The quantitative estimate of drug-likeness (QED) is 0.501. The van der Waals surface area contributed by atoms with Crippen LogP contribution in [0.4, 0.5) is 11.8 Å². The molecule has 0 radical (unpaired) electrons. The van der Waals surface area contributed by atoms with Crippen LogP contribution in [0, 0.1) is 0 Å². The van der Waals surface area contributed by atoms with Crippen molar-refractivity contribution in [2.75, 3.05) is 18.1 Å². The predicted octanol–water partition coefficient (Wildman–Crippen LogP) is 3.17. The monoisotopic (exact) mass is 421 g/mol. The number of hydrogen-bond donors (Lipinski definition) is 2. The minimum absolute atomic E-state index is 0.0872. The van der Waals surface area contributed by atoms with Crippen LogP contribution in [-0.4, -0.2) is 32.2 Å². The Morgan fingerprint density at radius 2 is 1.96 bits per heavy atom. The molecule has 1 unspecified atom stereocenters. The molecule has 0 bridgehead atoms. The Bertz CT molecular complexity index is 955. The molecule has 0 fully saturated rings. The van der Waals surface area contributed by atoms with Gasteiger partial charge in [0.1, 0.15) is 18.4 Å². The largest absolute Gasteiger partial charge is 0.573 e. The summed E-state index contributed by atoms with van der Waals surface area (Å²) in [6.45, 7) is 4.21. The molecule has 11 heteroatoms. The summed E-state index contributed by atoms with van der Waals surface area (Å²) in [5, 5.41) is 0. The van der Waals surface area contributed by atoms with Gasteiger partial charge in [-0.1, -0.05) is 25.1 Å². The van der Waals surface area contributed by atoms with Gasteiger partial charge in [-0.25, -0.2) is 4.98 Å². The zero-order chi connectivity index (χ0) is 20.1. The average molecular weight is 421 g/mol. The molecule has 0 aliphatic carbocycles. The van der Waals surface area contributed by atoms with E-state index in [4.69, 9.17) is 37.1 Å². The number of aromatic nitrogens is 4. The molecule has 2 aromatic heterocycles. The Labute approximate surface area is 168 Å². The molecule has 2 heterocycles. The second-order valence-corrected chi connectivity index (χ2v) is 7.76. The van der Waals surface area contributed by atoms with Crippen LogP contribution >= 0.6 is 7.15 Å². The molecule has 0 aliphatic rings. The number of nitrogens with two attached hydrogens (primary N) is 2. The van der Waals surface area contributed by atoms with Gasteiger partial charge in [-0.3, -0.25) is 9.09 Å². The lowest BCUT2D eigenvalue weighted by molar-refractivity contribution is -0.0594. The van der Waals surface area contributed by atoms with Crippen molar-refractivity contribution in [3.05, 3.63) is 36.7 Å². The molecule has 3 rings (SSSR count). The van der Waals surface area contributed by atoms with Gasteiger partial charge in [-0.2, -0.15) is 9.97 Å². The van der Waals surface area contributed by atoms with Gasteiger partial charge in [0.2, 0.25) is 17.8 Å². The van der Waals surface area contributed by atoms with Crippen LogP contribution in [0.15, 0.2) is 36.7 Å². The molecule has 1 aromatic carbocycles. The fourth-order valence-electron chi connectivity index (χ4n) is 2.56. The third-order valence-corrected chi connectivity index (χ3v) is 5.25. The summed E-state index contributed by atoms with van der Waals surface area (Å²) in [4.78, 5) is 12.4. The Balaban J connectivity index is 1.60. The van der Waals surface area contributed by atoms with Crippen LogP contribution < -0.4 is 16.0 Å². The number of fused-ring (bicyclic) bond motifs is 1. The number of imidazole rings is 1. The summed E-state index contributed by atoms with van der Waals surface area (Å²) in [6.07, 6.45) is 1.79. The van der Waals surface area contributed by atoms with Gasteiger partial charge in [-0.05, 0) is 25.5 Å². The molecule has 0 spiro atoms. The number of ether oxygens (including phenoxy) is 1. The normalized spacial score (nSPS) is 14.0. The molecule has 0 amide bonds. The number of anilines is 2. The van der Waals surface area contributed by atoms with Crippen molar-refractivity contribution in [3.8, 4) is 5.75 Å². The molecule has 3 atom stereocenters. The molecule has 3 aromatic rings. The summed E-state index contributed by atoms with van der Waals surface area (Å²) in [6, 6.07) is 9.35. The summed E-state index contributed by atoms with van der Waals surface area (Å²) >= 11 is 5.28. The van der Waals surface area contributed by atoms with Gasteiger partial charge in [0.25, 0.3) is 0 Å². The van der Waals surface area contributed by atoms with Crippen LogP contribution in [0.25, 0.3) is 11.2 Å². The second-order valence-electron chi connectivity index (χ2n) is 5.98. The molecule has 28 heavy (non-hydrogen) atoms. The lowest BCUT2D eigenvalue weighted by Crippen LogP contribution is -2.22. The number of hydrogen-bond acceptors (Lipinski definition) is 9. The van der Waals surface area contributed by atoms with Gasteiger partial charge in [-0.15, -0.1) is 4.52 Å². The lowest BCUT2D eigenvalue weighted by atomic mass is 10.3. The van der Waals surface area contributed by atoms with Crippen LogP contribution in [0.2, 0.25) is 0 Å². The minimum Gasteiger partial charge on any atom is -0.382 e. The maximum Gasteiger partial charge on any atom is 0.573 e. The van der Waals surface area contributed by atoms with Gasteiger partial charge >= 0.3 is 7.15 Å². The fraction of sp³-hybridized carbons (Fsp3) is 0.353. The van der Waals surface area contributed by atoms with Gasteiger partial charge in [0.05, 0.1) is 12.4 Å². The van der Waals surface area contributed by atoms with Crippen molar-refractivity contribution in [1.82, 2.24) is 19.5 Å². The van der Waals surface area contributed by atoms with Crippen LogP contribution in [-0.2, 0) is 21.1 Å². The van der Waals surface area contributed by atoms with Gasteiger partial charge < -0.3 is 16.2 Å². The van der Waals surface area contributed by atoms with Crippen LogP contribution in [0.3, 0.4) is 0 Å². The van der Waals surface area contributed by atoms with E-state index in [0.717, 1.165) is 6.42 Å². The molecule has 0 saturated carbocycles. The van der Waals surface area contributed by atoms with E-state index < -0.39 is 7.15 Å². The smallest absolute Gasteiger partial charge is 0.382 e. The van der Waals surface area contributed by atoms with E-state index in [-0.39, 0.29) is 24.1 Å². The maximum absolute atomic E-state index is 6.10.